The second-order valence-electron chi connectivity index (χ2n) is 4.85. The molecule has 0 aliphatic rings. The molecule has 0 unspecified atom stereocenters. The number of hydrogen-bond donors (Lipinski definition) is 2. The summed E-state index contributed by atoms with van der Waals surface area (Å²) in [6.45, 7) is 0. The third-order valence-corrected chi connectivity index (χ3v) is 3.47. The fourth-order valence-corrected chi connectivity index (χ4v) is 2.43. The van der Waals surface area contributed by atoms with Gasteiger partial charge in [-0.25, -0.2) is 9.78 Å². The van der Waals surface area contributed by atoms with Crippen molar-refractivity contribution in [2.24, 2.45) is 0 Å². The Labute approximate surface area is 127 Å². The van der Waals surface area contributed by atoms with Crippen LogP contribution in [0.25, 0.3) is 22.3 Å². The molecule has 0 fully saturated rings. The largest absolute Gasteiger partial charge is 0.476 e. The summed E-state index contributed by atoms with van der Waals surface area (Å²) in [5, 5.41) is 9.39. The maximum atomic E-state index is 11.5. The van der Waals surface area contributed by atoms with Gasteiger partial charge in [-0.2, -0.15) is 0 Å². The highest BCUT2D eigenvalue weighted by Crippen LogP contribution is 2.36. The molecular weight excluding hydrogens is 276 g/mol. The molecular formula is C18H14N2O2. The summed E-state index contributed by atoms with van der Waals surface area (Å²) in [7, 11) is 0. The zero-order chi connectivity index (χ0) is 15.5. The summed E-state index contributed by atoms with van der Waals surface area (Å²) < 4.78 is 0. The minimum atomic E-state index is -1.09. The van der Waals surface area contributed by atoms with Gasteiger partial charge in [0, 0.05) is 17.3 Å². The predicted octanol–water partition coefficient (Wildman–Crippen LogP) is 3.70. The number of carbonyl (C=O) groups is 1. The van der Waals surface area contributed by atoms with E-state index in [9.17, 15) is 9.90 Å². The zero-order valence-electron chi connectivity index (χ0n) is 11.7. The van der Waals surface area contributed by atoms with Gasteiger partial charge in [0.05, 0.1) is 5.69 Å². The van der Waals surface area contributed by atoms with E-state index in [2.05, 4.69) is 4.98 Å². The molecule has 0 spiro atoms. The summed E-state index contributed by atoms with van der Waals surface area (Å²) >= 11 is 0. The van der Waals surface area contributed by atoms with E-state index in [0.29, 0.717) is 11.3 Å². The van der Waals surface area contributed by atoms with E-state index >= 15 is 0 Å². The van der Waals surface area contributed by atoms with Gasteiger partial charge in [0.2, 0.25) is 0 Å². The molecule has 0 aliphatic carbocycles. The number of rotatable bonds is 3. The van der Waals surface area contributed by atoms with Crippen LogP contribution in [0, 0.1) is 0 Å². The highest BCUT2D eigenvalue weighted by atomic mass is 16.4. The summed E-state index contributed by atoms with van der Waals surface area (Å²) in [6.07, 6.45) is 1.51. The van der Waals surface area contributed by atoms with E-state index in [1.165, 1.54) is 6.20 Å². The molecule has 108 valence electrons. The van der Waals surface area contributed by atoms with Crippen molar-refractivity contribution in [3.8, 4) is 22.3 Å². The highest BCUT2D eigenvalue weighted by Gasteiger charge is 2.19. The van der Waals surface area contributed by atoms with E-state index in [1.807, 2.05) is 60.7 Å². The summed E-state index contributed by atoms with van der Waals surface area (Å²) in [6, 6.07) is 18.8. The molecule has 1 heterocycles. The van der Waals surface area contributed by atoms with E-state index in [0.717, 1.165) is 16.7 Å². The summed E-state index contributed by atoms with van der Waals surface area (Å²) in [5.41, 5.74) is 9.49. The van der Waals surface area contributed by atoms with Crippen molar-refractivity contribution in [2.45, 2.75) is 0 Å². The molecule has 2 aromatic carbocycles. The van der Waals surface area contributed by atoms with Crippen LogP contribution in [0.5, 0.6) is 0 Å². The molecule has 1 aromatic heterocycles. The Hall–Kier alpha value is -3.14. The fraction of sp³-hybridized carbons (Fsp3) is 0. The molecule has 4 heteroatoms. The summed E-state index contributed by atoms with van der Waals surface area (Å²) in [4.78, 5) is 15.6. The average molecular weight is 290 g/mol. The van der Waals surface area contributed by atoms with Crippen LogP contribution in [0.3, 0.4) is 0 Å². The van der Waals surface area contributed by atoms with Crippen molar-refractivity contribution >= 4 is 11.7 Å². The first-order valence-corrected chi connectivity index (χ1v) is 6.81. The number of carboxylic acid groups (broad SMARTS) is 1. The Kier molecular flexibility index (Phi) is 3.58. The number of nitrogen functional groups attached to an aromatic ring is 1. The van der Waals surface area contributed by atoms with E-state index in [1.54, 1.807) is 0 Å². The number of carboxylic acids is 1. The standard InChI is InChI=1S/C18H14N2O2/c19-16-14(12-7-3-1-4-8-12)11-20-17(18(21)22)15(16)13-9-5-2-6-10-13/h1-11H,(H2,19,20)(H,21,22). The van der Waals surface area contributed by atoms with Gasteiger partial charge >= 0.3 is 5.97 Å². The molecule has 22 heavy (non-hydrogen) atoms. The summed E-state index contributed by atoms with van der Waals surface area (Å²) in [5.74, 6) is -1.09. The molecule has 0 aliphatic heterocycles. The van der Waals surface area contributed by atoms with Gasteiger partial charge in [0.15, 0.2) is 5.69 Å². The molecule has 3 rings (SSSR count). The van der Waals surface area contributed by atoms with Crippen molar-refractivity contribution in [3.05, 3.63) is 72.6 Å². The normalized spacial score (nSPS) is 10.4. The van der Waals surface area contributed by atoms with Crippen LogP contribution in [-0.4, -0.2) is 16.1 Å². The topological polar surface area (TPSA) is 76.2 Å². The van der Waals surface area contributed by atoms with Gasteiger partial charge in [0.1, 0.15) is 0 Å². The maximum Gasteiger partial charge on any atom is 0.355 e. The number of aromatic carboxylic acids is 1. The third-order valence-electron chi connectivity index (χ3n) is 3.47. The van der Waals surface area contributed by atoms with E-state index < -0.39 is 5.97 Å². The molecule has 0 bridgehead atoms. The van der Waals surface area contributed by atoms with Crippen LogP contribution in [0.15, 0.2) is 66.9 Å². The monoisotopic (exact) mass is 290 g/mol. The van der Waals surface area contributed by atoms with Gasteiger partial charge in [-0.3, -0.25) is 0 Å². The van der Waals surface area contributed by atoms with Crippen molar-refractivity contribution in [3.63, 3.8) is 0 Å². The second kappa shape index (κ2) is 5.69. The number of aromatic nitrogens is 1. The number of hydrogen-bond acceptors (Lipinski definition) is 3. The molecule has 0 saturated carbocycles. The van der Waals surface area contributed by atoms with Gasteiger partial charge < -0.3 is 10.8 Å². The van der Waals surface area contributed by atoms with Crippen molar-refractivity contribution in [2.75, 3.05) is 5.73 Å². The van der Waals surface area contributed by atoms with Gasteiger partial charge in [-0.15, -0.1) is 0 Å². The lowest BCUT2D eigenvalue weighted by molar-refractivity contribution is 0.0691. The lowest BCUT2D eigenvalue weighted by Crippen LogP contribution is -2.07. The second-order valence-corrected chi connectivity index (χ2v) is 4.85. The number of anilines is 1. The van der Waals surface area contributed by atoms with Crippen LogP contribution in [0.1, 0.15) is 10.5 Å². The minimum Gasteiger partial charge on any atom is -0.476 e. The molecule has 0 radical (unpaired) electrons. The highest BCUT2D eigenvalue weighted by molar-refractivity contribution is 6.01. The van der Waals surface area contributed by atoms with Crippen LogP contribution < -0.4 is 5.73 Å². The Morgan fingerprint density at radius 3 is 2.00 bits per heavy atom. The SMILES string of the molecule is Nc1c(-c2ccccc2)cnc(C(=O)O)c1-c1ccccc1. The van der Waals surface area contributed by atoms with E-state index in [-0.39, 0.29) is 5.69 Å². The van der Waals surface area contributed by atoms with E-state index in [4.69, 9.17) is 5.73 Å². The number of benzene rings is 2. The minimum absolute atomic E-state index is 0.0385. The Morgan fingerprint density at radius 1 is 0.909 bits per heavy atom. The number of nitrogens with two attached hydrogens (primary N) is 1. The van der Waals surface area contributed by atoms with Crippen molar-refractivity contribution in [1.82, 2.24) is 4.98 Å². The molecule has 3 N–H and O–H groups in total. The maximum absolute atomic E-state index is 11.5. The van der Waals surface area contributed by atoms with Gasteiger partial charge in [-0.1, -0.05) is 60.7 Å². The first-order valence-electron chi connectivity index (χ1n) is 6.81. The Morgan fingerprint density at radius 2 is 1.45 bits per heavy atom. The first kappa shape index (κ1) is 13.8. The molecule has 0 amide bonds. The van der Waals surface area contributed by atoms with Crippen LogP contribution in [0.2, 0.25) is 0 Å². The van der Waals surface area contributed by atoms with Gasteiger partial charge in [0.25, 0.3) is 0 Å². The number of nitrogens with zero attached hydrogens (tertiary/aromatic N) is 1. The fourth-order valence-electron chi connectivity index (χ4n) is 2.43. The first-order chi connectivity index (χ1) is 10.7. The number of pyridine rings is 1. The quantitative estimate of drug-likeness (QED) is 0.771. The smallest absolute Gasteiger partial charge is 0.355 e. The van der Waals surface area contributed by atoms with Crippen molar-refractivity contribution < 1.29 is 9.90 Å². The average Bonchev–Trinajstić information content (AvgIpc) is 2.56. The molecule has 0 saturated heterocycles. The van der Waals surface area contributed by atoms with Gasteiger partial charge in [-0.05, 0) is 11.1 Å². The Bertz CT molecular complexity index is 815. The molecule has 0 atom stereocenters. The molecule has 3 aromatic rings. The lowest BCUT2D eigenvalue weighted by Gasteiger charge is -2.13. The van der Waals surface area contributed by atoms with Crippen LogP contribution in [-0.2, 0) is 0 Å². The molecule has 4 nitrogen and oxygen atoms in total. The zero-order valence-corrected chi connectivity index (χ0v) is 11.7. The van der Waals surface area contributed by atoms with Crippen LogP contribution >= 0.6 is 0 Å². The Balaban J connectivity index is 2.28. The third kappa shape index (κ3) is 2.42. The van der Waals surface area contributed by atoms with Crippen molar-refractivity contribution in [1.29, 1.82) is 0 Å². The lowest BCUT2D eigenvalue weighted by atomic mass is 9.96. The predicted molar refractivity (Wildman–Crippen MR) is 86.5 cm³/mol. The van der Waals surface area contributed by atoms with Crippen LogP contribution in [0.4, 0.5) is 5.69 Å².